The zero-order valence-electron chi connectivity index (χ0n) is 12.6. The zero-order chi connectivity index (χ0) is 15.6. The third-order valence-electron chi connectivity index (χ3n) is 3.58. The number of ether oxygens (including phenoxy) is 1. The van der Waals surface area contributed by atoms with Gasteiger partial charge in [-0.3, -0.25) is 0 Å². The van der Waals surface area contributed by atoms with Gasteiger partial charge < -0.3 is 10.1 Å². The number of aryl methyl sites for hydroxylation is 2. The standard InChI is InChI=1S/C17H19BrClNO/c1-10-5-6-13(11(2)7-10)16(20-3)14-8-12(19)9-15(18)17(14)21-4/h5-9,16,20H,1-4H3. The maximum atomic E-state index is 6.22. The van der Waals surface area contributed by atoms with Gasteiger partial charge in [0, 0.05) is 10.6 Å². The first-order valence-corrected chi connectivity index (χ1v) is 7.92. The summed E-state index contributed by atoms with van der Waals surface area (Å²) in [4.78, 5) is 0. The lowest BCUT2D eigenvalue weighted by molar-refractivity contribution is 0.402. The van der Waals surface area contributed by atoms with Crippen molar-refractivity contribution >= 4 is 27.5 Å². The minimum Gasteiger partial charge on any atom is -0.495 e. The van der Waals surface area contributed by atoms with Crippen molar-refractivity contribution in [3.05, 3.63) is 62.1 Å². The molecular weight excluding hydrogens is 350 g/mol. The second-order valence-corrected chi connectivity index (χ2v) is 6.38. The van der Waals surface area contributed by atoms with Gasteiger partial charge in [-0.2, -0.15) is 0 Å². The first-order valence-electron chi connectivity index (χ1n) is 6.75. The van der Waals surface area contributed by atoms with E-state index in [4.69, 9.17) is 16.3 Å². The van der Waals surface area contributed by atoms with Gasteiger partial charge in [0.25, 0.3) is 0 Å². The SMILES string of the molecule is CNC(c1ccc(C)cc1C)c1cc(Cl)cc(Br)c1OC. The van der Waals surface area contributed by atoms with E-state index in [1.807, 2.05) is 19.2 Å². The number of halogens is 2. The van der Waals surface area contributed by atoms with Crippen LogP contribution >= 0.6 is 27.5 Å². The molecule has 0 bridgehead atoms. The van der Waals surface area contributed by atoms with E-state index in [-0.39, 0.29) is 6.04 Å². The first kappa shape index (κ1) is 16.3. The van der Waals surface area contributed by atoms with Crippen LogP contribution in [0.15, 0.2) is 34.8 Å². The predicted molar refractivity (Wildman–Crippen MR) is 92.5 cm³/mol. The third kappa shape index (κ3) is 3.42. The second-order valence-electron chi connectivity index (χ2n) is 5.09. The van der Waals surface area contributed by atoms with E-state index in [1.54, 1.807) is 7.11 Å². The molecule has 1 unspecified atom stereocenters. The van der Waals surface area contributed by atoms with Gasteiger partial charge in [-0.25, -0.2) is 0 Å². The average molecular weight is 369 g/mol. The summed E-state index contributed by atoms with van der Waals surface area (Å²) in [5.74, 6) is 0.804. The quantitative estimate of drug-likeness (QED) is 0.816. The molecule has 0 heterocycles. The van der Waals surface area contributed by atoms with Crippen molar-refractivity contribution in [3.63, 3.8) is 0 Å². The highest BCUT2D eigenvalue weighted by molar-refractivity contribution is 9.10. The van der Waals surface area contributed by atoms with Gasteiger partial charge in [0.05, 0.1) is 17.6 Å². The minimum atomic E-state index is 0.0237. The Bertz CT molecular complexity index is 657. The molecule has 1 atom stereocenters. The Kier molecular flexibility index (Phi) is 5.31. The normalized spacial score (nSPS) is 12.3. The van der Waals surface area contributed by atoms with E-state index in [2.05, 4.69) is 53.3 Å². The monoisotopic (exact) mass is 367 g/mol. The highest BCUT2D eigenvalue weighted by atomic mass is 79.9. The fourth-order valence-electron chi connectivity index (χ4n) is 2.64. The van der Waals surface area contributed by atoms with Crippen LogP contribution in [-0.2, 0) is 0 Å². The lowest BCUT2D eigenvalue weighted by atomic mass is 9.93. The summed E-state index contributed by atoms with van der Waals surface area (Å²) in [6.07, 6.45) is 0. The van der Waals surface area contributed by atoms with Crippen molar-refractivity contribution in [1.82, 2.24) is 5.32 Å². The summed E-state index contributed by atoms with van der Waals surface area (Å²) in [6.45, 7) is 4.22. The van der Waals surface area contributed by atoms with E-state index in [9.17, 15) is 0 Å². The molecule has 21 heavy (non-hydrogen) atoms. The maximum absolute atomic E-state index is 6.22. The topological polar surface area (TPSA) is 21.3 Å². The van der Waals surface area contributed by atoms with Gasteiger partial charge in [0.1, 0.15) is 5.75 Å². The Labute approximate surface area is 139 Å². The molecule has 0 amide bonds. The van der Waals surface area contributed by atoms with Crippen LogP contribution in [0.4, 0.5) is 0 Å². The first-order chi connectivity index (χ1) is 9.97. The largest absolute Gasteiger partial charge is 0.495 e. The zero-order valence-corrected chi connectivity index (χ0v) is 15.0. The van der Waals surface area contributed by atoms with Gasteiger partial charge in [-0.1, -0.05) is 35.4 Å². The van der Waals surface area contributed by atoms with E-state index < -0.39 is 0 Å². The smallest absolute Gasteiger partial charge is 0.138 e. The number of hydrogen-bond acceptors (Lipinski definition) is 2. The fourth-order valence-corrected chi connectivity index (χ4v) is 3.63. The lowest BCUT2D eigenvalue weighted by Gasteiger charge is -2.23. The van der Waals surface area contributed by atoms with Crippen molar-refractivity contribution in [1.29, 1.82) is 0 Å². The number of methoxy groups -OCH3 is 1. The molecule has 0 fully saturated rings. The van der Waals surface area contributed by atoms with E-state index in [0.29, 0.717) is 5.02 Å². The molecule has 2 aromatic rings. The summed E-state index contributed by atoms with van der Waals surface area (Å²) >= 11 is 9.74. The van der Waals surface area contributed by atoms with Gasteiger partial charge in [0.2, 0.25) is 0 Å². The Morgan fingerprint density at radius 3 is 2.43 bits per heavy atom. The molecule has 2 rings (SSSR count). The molecule has 0 spiro atoms. The van der Waals surface area contributed by atoms with Crippen LogP contribution in [0.5, 0.6) is 5.75 Å². The Balaban J connectivity index is 2.61. The molecule has 0 aliphatic carbocycles. The van der Waals surface area contributed by atoms with Crippen LogP contribution in [0.1, 0.15) is 28.3 Å². The number of rotatable bonds is 4. The van der Waals surface area contributed by atoms with E-state index in [1.165, 1.54) is 16.7 Å². The molecule has 1 N–H and O–H groups in total. The maximum Gasteiger partial charge on any atom is 0.138 e. The van der Waals surface area contributed by atoms with E-state index in [0.717, 1.165) is 15.8 Å². The summed E-state index contributed by atoms with van der Waals surface area (Å²) in [5, 5.41) is 4.05. The molecule has 0 aromatic heterocycles. The van der Waals surface area contributed by atoms with Crippen molar-refractivity contribution in [3.8, 4) is 5.75 Å². The van der Waals surface area contributed by atoms with Crippen molar-refractivity contribution in [2.75, 3.05) is 14.2 Å². The van der Waals surface area contributed by atoms with Gasteiger partial charge >= 0.3 is 0 Å². The fraction of sp³-hybridized carbons (Fsp3) is 0.294. The van der Waals surface area contributed by atoms with Crippen LogP contribution in [0, 0.1) is 13.8 Å². The molecule has 0 radical (unpaired) electrons. The summed E-state index contributed by atoms with van der Waals surface area (Å²) in [7, 11) is 3.62. The van der Waals surface area contributed by atoms with Crippen molar-refractivity contribution in [2.45, 2.75) is 19.9 Å². The molecule has 0 aliphatic rings. The highest BCUT2D eigenvalue weighted by Gasteiger charge is 2.21. The Morgan fingerprint density at radius 1 is 1.14 bits per heavy atom. The summed E-state index contributed by atoms with van der Waals surface area (Å²) < 4.78 is 6.41. The Morgan fingerprint density at radius 2 is 1.86 bits per heavy atom. The summed E-state index contributed by atoms with van der Waals surface area (Å²) in [5.41, 5.74) is 4.74. The van der Waals surface area contributed by atoms with Crippen LogP contribution in [0.25, 0.3) is 0 Å². The van der Waals surface area contributed by atoms with Crippen LogP contribution in [0.3, 0.4) is 0 Å². The minimum absolute atomic E-state index is 0.0237. The summed E-state index contributed by atoms with van der Waals surface area (Å²) in [6, 6.07) is 10.3. The molecule has 2 nitrogen and oxygen atoms in total. The van der Waals surface area contributed by atoms with Crippen LogP contribution < -0.4 is 10.1 Å². The number of benzene rings is 2. The lowest BCUT2D eigenvalue weighted by Crippen LogP contribution is -2.19. The Hall–Kier alpha value is -1.03. The van der Waals surface area contributed by atoms with Gasteiger partial charge in [0.15, 0.2) is 0 Å². The van der Waals surface area contributed by atoms with Crippen molar-refractivity contribution < 1.29 is 4.74 Å². The molecule has 0 aliphatic heterocycles. The second kappa shape index (κ2) is 6.82. The number of nitrogens with one attached hydrogen (secondary N) is 1. The molecule has 2 aromatic carbocycles. The predicted octanol–water partition coefficient (Wildman–Crippen LogP) is 5.04. The molecule has 0 saturated heterocycles. The van der Waals surface area contributed by atoms with E-state index >= 15 is 0 Å². The molecule has 4 heteroatoms. The van der Waals surface area contributed by atoms with Gasteiger partial charge in [-0.05, 0) is 60.1 Å². The van der Waals surface area contributed by atoms with Crippen LogP contribution in [0.2, 0.25) is 5.02 Å². The van der Waals surface area contributed by atoms with Crippen molar-refractivity contribution in [2.24, 2.45) is 0 Å². The van der Waals surface area contributed by atoms with Crippen LogP contribution in [-0.4, -0.2) is 14.2 Å². The number of hydrogen-bond donors (Lipinski definition) is 1. The average Bonchev–Trinajstić information content (AvgIpc) is 2.41. The third-order valence-corrected chi connectivity index (χ3v) is 4.38. The highest BCUT2D eigenvalue weighted by Crippen LogP contribution is 2.38. The van der Waals surface area contributed by atoms with Gasteiger partial charge in [-0.15, -0.1) is 0 Å². The molecule has 112 valence electrons. The molecule has 0 saturated carbocycles. The molecular formula is C17H19BrClNO.